The van der Waals surface area contributed by atoms with Crippen LogP contribution in [-0.2, 0) is 4.74 Å². The Morgan fingerprint density at radius 3 is 2.68 bits per heavy atom. The Bertz CT molecular complexity index is 342. The molecule has 0 aliphatic carbocycles. The van der Waals surface area contributed by atoms with Crippen molar-refractivity contribution in [3.63, 3.8) is 0 Å². The highest BCUT2D eigenvalue weighted by Gasteiger charge is 2.19. The van der Waals surface area contributed by atoms with Gasteiger partial charge in [0, 0.05) is 25.3 Å². The minimum absolute atomic E-state index is 0.476. The summed E-state index contributed by atoms with van der Waals surface area (Å²) in [6.45, 7) is 6.43. The Hall–Kier alpha value is -0.860. The predicted octanol–water partition coefficient (Wildman–Crippen LogP) is 3.93. The summed E-state index contributed by atoms with van der Waals surface area (Å²) in [5.41, 5.74) is 1.42. The van der Waals surface area contributed by atoms with Crippen molar-refractivity contribution < 1.29 is 4.74 Å². The van der Waals surface area contributed by atoms with Crippen molar-refractivity contribution in [3.8, 4) is 0 Å². The molecular weight excluding hydrogens is 234 g/mol. The van der Waals surface area contributed by atoms with Gasteiger partial charge < -0.3 is 10.1 Å². The number of nitrogens with one attached hydrogen (secondary N) is 1. The van der Waals surface area contributed by atoms with Crippen molar-refractivity contribution in [3.05, 3.63) is 35.9 Å². The molecule has 0 radical (unpaired) electrons. The molecule has 1 saturated heterocycles. The normalized spacial score (nSPS) is 22.2. The summed E-state index contributed by atoms with van der Waals surface area (Å²) in [5.74, 6) is 0.708. The number of hydrogen-bond acceptors (Lipinski definition) is 2. The maximum Gasteiger partial charge on any atom is 0.0480 e. The molecule has 1 aromatic carbocycles. The number of ether oxygens (including phenoxy) is 1. The molecule has 2 nitrogen and oxygen atoms in total. The standard InChI is InChI=1S/C17H27NO/c1-14(2)13-17(15-7-4-3-5-8-15)18-16-9-6-11-19-12-10-16/h3-5,7-8,14,16-18H,6,9-13H2,1-2H3. The minimum atomic E-state index is 0.476. The second-order valence-corrected chi connectivity index (χ2v) is 6.00. The molecule has 1 N–H and O–H groups in total. The van der Waals surface area contributed by atoms with Crippen LogP contribution < -0.4 is 5.32 Å². The van der Waals surface area contributed by atoms with Crippen molar-refractivity contribution in [1.29, 1.82) is 0 Å². The molecule has 0 saturated carbocycles. The van der Waals surface area contributed by atoms with Crippen LogP contribution in [0.1, 0.15) is 51.1 Å². The van der Waals surface area contributed by atoms with Gasteiger partial charge >= 0.3 is 0 Å². The largest absolute Gasteiger partial charge is 0.381 e. The van der Waals surface area contributed by atoms with E-state index in [0.717, 1.165) is 19.6 Å². The highest BCUT2D eigenvalue weighted by atomic mass is 16.5. The molecular formula is C17H27NO. The molecule has 0 amide bonds. The van der Waals surface area contributed by atoms with Crippen LogP contribution in [0.3, 0.4) is 0 Å². The highest BCUT2D eigenvalue weighted by Crippen LogP contribution is 2.23. The van der Waals surface area contributed by atoms with Gasteiger partial charge in [-0.1, -0.05) is 44.2 Å². The fourth-order valence-corrected chi connectivity index (χ4v) is 2.81. The van der Waals surface area contributed by atoms with Crippen molar-refractivity contribution in [2.45, 2.75) is 51.6 Å². The fourth-order valence-electron chi connectivity index (χ4n) is 2.81. The SMILES string of the molecule is CC(C)CC(NC1CCCOCC1)c1ccccc1. The zero-order valence-electron chi connectivity index (χ0n) is 12.3. The van der Waals surface area contributed by atoms with E-state index in [-0.39, 0.29) is 0 Å². The molecule has 106 valence electrons. The van der Waals surface area contributed by atoms with Crippen molar-refractivity contribution in [1.82, 2.24) is 5.32 Å². The van der Waals surface area contributed by atoms with Crippen molar-refractivity contribution in [2.24, 2.45) is 5.92 Å². The average Bonchev–Trinajstić information content (AvgIpc) is 2.67. The van der Waals surface area contributed by atoms with Crippen LogP contribution in [0, 0.1) is 5.92 Å². The molecule has 2 unspecified atom stereocenters. The zero-order valence-corrected chi connectivity index (χ0v) is 12.3. The van der Waals surface area contributed by atoms with Gasteiger partial charge in [-0.2, -0.15) is 0 Å². The van der Waals surface area contributed by atoms with Crippen molar-refractivity contribution in [2.75, 3.05) is 13.2 Å². The first kappa shape index (κ1) is 14.5. The first-order valence-corrected chi connectivity index (χ1v) is 7.64. The van der Waals surface area contributed by atoms with Gasteiger partial charge in [-0.3, -0.25) is 0 Å². The molecule has 2 rings (SSSR count). The summed E-state index contributed by atoms with van der Waals surface area (Å²) >= 11 is 0. The van der Waals surface area contributed by atoms with E-state index in [4.69, 9.17) is 4.74 Å². The van der Waals surface area contributed by atoms with Crippen LogP contribution in [-0.4, -0.2) is 19.3 Å². The fraction of sp³-hybridized carbons (Fsp3) is 0.647. The Kier molecular flexibility index (Phi) is 5.87. The molecule has 2 atom stereocenters. The van der Waals surface area contributed by atoms with Gasteiger partial charge in [0.1, 0.15) is 0 Å². The molecule has 1 heterocycles. The van der Waals surface area contributed by atoms with Gasteiger partial charge in [0.2, 0.25) is 0 Å². The van der Waals surface area contributed by atoms with E-state index in [9.17, 15) is 0 Å². The monoisotopic (exact) mass is 261 g/mol. The molecule has 0 aromatic heterocycles. The van der Waals surface area contributed by atoms with Crippen LogP contribution in [0.25, 0.3) is 0 Å². The molecule has 0 bridgehead atoms. The average molecular weight is 261 g/mol. The minimum Gasteiger partial charge on any atom is -0.381 e. The maximum absolute atomic E-state index is 5.55. The lowest BCUT2D eigenvalue weighted by Crippen LogP contribution is -2.33. The van der Waals surface area contributed by atoms with E-state index in [1.807, 2.05) is 0 Å². The summed E-state index contributed by atoms with van der Waals surface area (Å²) in [5, 5.41) is 3.86. The smallest absolute Gasteiger partial charge is 0.0480 e. The summed E-state index contributed by atoms with van der Waals surface area (Å²) < 4.78 is 5.55. The second-order valence-electron chi connectivity index (χ2n) is 6.00. The molecule has 1 aliphatic rings. The topological polar surface area (TPSA) is 21.3 Å². The van der Waals surface area contributed by atoms with Crippen LogP contribution >= 0.6 is 0 Å². The lowest BCUT2D eigenvalue weighted by molar-refractivity contribution is 0.142. The molecule has 2 heteroatoms. The first-order valence-electron chi connectivity index (χ1n) is 7.64. The van der Waals surface area contributed by atoms with E-state index in [1.54, 1.807) is 0 Å². The summed E-state index contributed by atoms with van der Waals surface area (Å²) in [7, 11) is 0. The first-order chi connectivity index (χ1) is 9.25. The number of hydrogen-bond donors (Lipinski definition) is 1. The quantitative estimate of drug-likeness (QED) is 0.867. The van der Waals surface area contributed by atoms with Gasteiger partial charge in [-0.05, 0) is 37.2 Å². The molecule has 19 heavy (non-hydrogen) atoms. The summed E-state index contributed by atoms with van der Waals surface area (Å²) in [6, 6.07) is 11.9. The molecule has 1 aromatic rings. The number of benzene rings is 1. The van der Waals surface area contributed by atoms with E-state index in [0.29, 0.717) is 18.0 Å². The summed E-state index contributed by atoms with van der Waals surface area (Å²) in [4.78, 5) is 0. The van der Waals surface area contributed by atoms with Gasteiger partial charge in [0.25, 0.3) is 0 Å². The van der Waals surface area contributed by atoms with Crippen molar-refractivity contribution >= 4 is 0 Å². The lowest BCUT2D eigenvalue weighted by atomic mass is 9.95. The molecule has 1 aliphatic heterocycles. The van der Waals surface area contributed by atoms with Gasteiger partial charge in [-0.15, -0.1) is 0 Å². The maximum atomic E-state index is 5.55. The van der Waals surface area contributed by atoms with E-state index < -0.39 is 0 Å². The van der Waals surface area contributed by atoms with Crippen LogP contribution in [0.5, 0.6) is 0 Å². The third-order valence-corrected chi connectivity index (χ3v) is 3.80. The second kappa shape index (κ2) is 7.66. The van der Waals surface area contributed by atoms with Crippen LogP contribution in [0.15, 0.2) is 30.3 Å². The van der Waals surface area contributed by atoms with E-state index in [2.05, 4.69) is 49.5 Å². The summed E-state index contributed by atoms with van der Waals surface area (Å²) in [6.07, 6.45) is 4.76. The Labute approximate surface area is 117 Å². The predicted molar refractivity (Wildman–Crippen MR) is 80.2 cm³/mol. The van der Waals surface area contributed by atoms with Gasteiger partial charge in [0.05, 0.1) is 0 Å². The Morgan fingerprint density at radius 1 is 1.16 bits per heavy atom. The van der Waals surface area contributed by atoms with Gasteiger partial charge in [-0.25, -0.2) is 0 Å². The van der Waals surface area contributed by atoms with E-state index in [1.165, 1.54) is 24.8 Å². The number of rotatable bonds is 5. The zero-order chi connectivity index (χ0) is 13.5. The van der Waals surface area contributed by atoms with E-state index >= 15 is 0 Å². The molecule has 0 spiro atoms. The Morgan fingerprint density at radius 2 is 1.95 bits per heavy atom. The Balaban J connectivity index is 2.00. The lowest BCUT2D eigenvalue weighted by Gasteiger charge is -2.26. The molecule has 1 fully saturated rings. The van der Waals surface area contributed by atoms with Crippen LogP contribution in [0.4, 0.5) is 0 Å². The third-order valence-electron chi connectivity index (χ3n) is 3.80. The van der Waals surface area contributed by atoms with Crippen LogP contribution in [0.2, 0.25) is 0 Å². The van der Waals surface area contributed by atoms with Gasteiger partial charge in [0.15, 0.2) is 0 Å². The third kappa shape index (κ3) is 4.96. The highest BCUT2D eigenvalue weighted by molar-refractivity contribution is 5.19.